The Balaban J connectivity index is 1.71. The van der Waals surface area contributed by atoms with Crippen LogP contribution in [0.3, 0.4) is 0 Å². The Morgan fingerprint density at radius 2 is 1.00 bits per heavy atom. The van der Waals surface area contributed by atoms with Crippen LogP contribution >= 0.6 is 0 Å². The summed E-state index contributed by atoms with van der Waals surface area (Å²) in [6.45, 7) is 21.5. The van der Waals surface area contributed by atoms with Crippen LogP contribution in [0.2, 0.25) is 24.2 Å². The summed E-state index contributed by atoms with van der Waals surface area (Å²) in [5.41, 5.74) is 4.60. The van der Waals surface area contributed by atoms with Crippen molar-refractivity contribution < 1.29 is 0 Å². The van der Waals surface area contributed by atoms with Gasteiger partial charge < -0.3 is 0 Å². The van der Waals surface area contributed by atoms with Crippen molar-refractivity contribution in [1.82, 2.24) is 0 Å². The van der Waals surface area contributed by atoms with Crippen molar-refractivity contribution in [1.29, 1.82) is 0 Å². The highest BCUT2D eigenvalue weighted by Gasteiger charge is 2.70. The normalized spacial score (nSPS) is 53.2. The third-order valence-corrected chi connectivity index (χ3v) is 16.7. The zero-order chi connectivity index (χ0) is 17.1. The Labute approximate surface area is 146 Å². The van der Waals surface area contributed by atoms with Crippen molar-refractivity contribution in [3.8, 4) is 0 Å². The second-order valence-corrected chi connectivity index (χ2v) is 17.2. The van der Waals surface area contributed by atoms with Gasteiger partial charge in [0.05, 0.1) is 8.07 Å². The van der Waals surface area contributed by atoms with Crippen molar-refractivity contribution >= 4 is 8.07 Å². The summed E-state index contributed by atoms with van der Waals surface area (Å²) < 4.78 is 0. The Bertz CT molecular complexity index is 484. The van der Waals surface area contributed by atoms with Gasteiger partial charge in [0.25, 0.3) is 0 Å². The van der Waals surface area contributed by atoms with E-state index in [9.17, 15) is 0 Å². The Morgan fingerprint density at radius 1 is 0.652 bits per heavy atom. The van der Waals surface area contributed by atoms with E-state index < -0.39 is 8.07 Å². The summed E-state index contributed by atoms with van der Waals surface area (Å²) in [7, 11) is -1.27. The van der Waals surface area contributed by atoms with E-state index in [-0.39, 0.29) is 0 Å². The van der Waals surface area contributed by atoms with E-state index in [1.807, 2.05) is 0 Å². The molecule has 0 aromatic rings. The molecule has 0 spiro atoms. The van der Waals surface area contributed by atoms with Crippen LogP contribution in [0.15, 0.2) is 0 Å². The maximum Gasteiger partial charge on any atom is 0.0547 e. The highest BCUT2D eigenvalue weighted by molar-refractivity contribution is 6.80. The van der Waals surface area contributed by atoms with Crippen molar-refractivity contribution in [3.63, 3.8) is 0 Å². The largest absolute Gasteiger partial charge is 0.0689 e. The van der Waals surface area contributed by atoms with Crippen molar-refractivity contribution in [2.75, 3.05) is 0 Å². The summed E-state index contributed by atoms with van der Waals surface area (Å²) in [5.74, 6) is 2.03. The predicted octanol–water partition coefficient (Wildman–Crippen LogP) is 7.13. The number of hydrogen-bond donors (Lipinski definition) is 0. The molecule has 0 aromatic heterocycles. The molecule has 0 heterocycles. The first-order valence-corrected chi connectivity index (χ1v) is 13.5. The number of fused-ring (bicyclic) bond motifs is 4. The molecule has 132 valence electrons. The van der Waals surface area contributed by atoms with E-state index in [0.29, 0.717) is 21.7 Å². The lowest BCUT2D eigenvalue weighted by molar-refractivity contribution is 0.138. The lowest BCUT2D eigenvalue weighted by Gasteiger charge is -2.53. The molecule has 1 heteroatoms. The van der Waals surface area contributed by atoms with Crippen molar-refractivity contribution in [2.45, 2.75) is 104 Å². The molecule has 0 amide bonds. The van der Waals surface area contributed by atoms with Crippen LogP contribution in [-0.4, -0.2) is 8.07 Å². The first-order chi connectivity index (χ1) is 10.4. The average Bonchev–Trinajstić information content (AvgIpc) is 2.96. The van der Waals surface area contributed by atoms with Gasteiger partial charge in [-0.05, 0) is 83.1 Å². The number of rotatable bonds is 2. The molecule has 0 aromatic carbocycles. The second kappa shape index (κ2) is 4.30. The second-order valence-electron chi connectivity index (χ2n) is 12.1. The fourth-order valence-corrected chi connectivity index (χ4v) is 15.5. The molecule has 4 bridgehead atoms. The minimum absolute atomic E-state index is 0.593. The van der Waals surface area contributed by atoms with Crippen LogP contribution in [0.5, 0.6) is 0 Å². The van der Waals surface area contributed by atoms with Crippen LogP contribution in [0.4, 0.5) is 0 Å². The molecular formula is C22H40Si. The topological polar surface area (TPSA) is 0 Å². The first kappa shape index (κ1) is 16.7. The molecule has 0 saturated heterocycles. The summed E-state index contributed by atoms with van der Waals surface area (Å²) in [4.78, 5) is 0. The van der Waals surface area contributed by atoms with Crippen LogP contribution in [0, 0.1) is 33.5 Å². The van der Waals surface area contributed by atoms with Gasteiger partial charge in [0.2, 0.25) is 0 Å². The van der Waals surface area contributed by atoms with E-state index in [0.717, 1.165) is 22.9 Å². The predicted molar refractivity (Wildman–Crippen MR) is 103 cm³/mol. The molecular weight excluding hydrogens is 292 g/mol. The van der Waals surface area contributed by atoms with E-state index >= 15 is 0 Å². The van der Waals surface area contributed by atoms with Gasteiger partial charge in [-0.1, -0.05) is 54.6 Å². The van der Waals surface area contributed by atoms with Crippen molar-refractivity contribution in [2.24, 2.45) is 33.5 Å². The van der Waals surface area contributed by atoms with Crippen LogP contribution in [0.25, 0.3) is 0 Å². The van der Waals surface area contributed by atoms with E-state index in [1.54, 1.807) is 12.8 Å². The lowest BCUT2D eigenvalue weighted by atomic mass is 9.70. The first-order valence-electron chi connectivity index (χ1n) is 10.4. The van der Waals surface area contributed by atoms with Crippen LogP contribution < -0.4 is 0 Å². The molecule has 0 N–H and O–H groups in total. The van der Waals surface area contributed by atoms with Gasteiger partial charge in [0, 0.05) is 0 Å². The minimum atomic E-state index is -1.27. The zero-order valence-corrected chi connectivity index (χ0v) is 18.1. The highest BCUT2D eigenvalue weighted by Crippen LogP contribution is 2.78. The third kappa shape index (κ3) is 1.65. The SMILES string of the molecule is CC1(C)C2CCC1(C)C([Si](C)(C)C1CC3CCC1(C)C3(C)C)C2. The fourth-order valence-electron chi connectivity index (χ4n) is 8.90. The molecule has 6 unspecified atom stereocenters. The van der Waals surface area contributed by atoms with Gasteiger partial charge in [-0.2, -0.15) is 0 Å². The molecule has 0 aliphatic heterocycles. The lowest BCUT2D eigenvalue weighted by Crippen LogP contribution is -2.50. The standard InChI is InChI=1S/C22H40Si/c1-19(2)15-9-11-21(19,5)17(13-15)23(7,8)18-14-16-10-12-22(18,6)20(16,3)4/h15-18H,9-14H2,1-8H3. The van der Waals surface area contributed by atoms with E-state index in [1.165, 1.54) is 25.7 Å². The Morgan fingerprint density at radius 3 is 1.22 bits per heavy atom. The molecule has 4 aliphatic rings. The van der Waals surface area contributed by atoms with Gasteiger partial charge in [-0.25, -0.2) is 0 Å². The van der Waals surface area contributed by atoms with Gasteiger partial charge in [-0.3, -0.25) is 0 Å². The molecule has 0 radical (unpaired) electrons. The van der Waals surface area contributed by atoms with Crippen LogP contribution in [0.1, 0.15) is 80.1 Å². The summed E-state index contributed by atoms with van der Waals surface area (Å²) >= 11 is 0. The maximum atomic E-state index is 2.81. The smallest absolute Gasteiger partial charge is 0.0547 e. The van der Waals surface area contributed by atoms with Crippen molar-refractivity contribution in [3.05, 3.63) is 0 Å². The fraction of sp³-hybridized carbons (Fsp3) is 1.00. The third-order valence-electron chi connectivity index (χ3n) is 11.4. The summed E-state index contributed by atoms with van der Waals surface area (Å²) in [6.07, 6.45) is 9.20. The average molecular weight is 333 g/mol. The van der Waals surface area contributed by atoms with E-state index in [2.05, 4.69) is 54.6 Å². The zero-order valence-electron chi connectivity index (χ0n) is 17.1. The number of hydrogen-bond acceptors (Lipinski definition) is 0. The van der Waals surface area contributed by atoms with Crippen LogP contribution in [-0.2, 0) is 0 Å². The molecule has 6 atom stereocenters. The Kier molecular flexibility index (Phi) is 3.12. The molecule has 0 nitrogen and oxygen atoms in total. The molecule has 23 heavy (non-hydrogen) atoms. The Hall–Kier alpha value is 0.217. The van der Waals surface area contributed by atoms with Gasteiger partial charge >= 0.3 is 0 Å². The van der Waals surface area contributed by atoms with Gasteiger partial charge in [0.1, 0.15) is 0 Å². The van der Waals surface area contributed by atoms with Gasteiger partial charge in [-0.15, -0.1) is 0 Å². The molecule has 4 rings (SSSR count). The summed E-state index contributed by atoms with van der Waals surface area (Å²) in [5, 5.41) is 0. The van der Waals surface area contributed by atoms with Gasteiger partial charge in [0.15, 0.2) is 0 Å². The molecule has 4 saturated carbocycles. The molecule has 4 aliphatic carbocycles. The summed E-state index contributed by atoms with van der Waals surface area (Å²) in [6, 6.07) is 0. The quantitative estimate of drug-likeness (QED) is 0.472. The monoisotopic (exact) mass is 332 g/mol. The molecule has 4 fully saturated rings. The minimum Gasteiger partial charge on any atom is -0.0689 e. The highest BCUT2D eigenvalue weighted by atomic mass is 28.3. The van der Waals surface area contributed by atoms with E-state index in [4.69, 9.17) is 0 Å². The maximum absolute atomic E-state index is 2.81.